The zero-order valence-electron chi connectivity index (χ0n) is 20.4. The van der Waals surface area contributed by atoms with Gasteiger partial charge in [-0.3, -0.25) is 14.8 Å². The summed E-state index contributed by atoms with van der Waals surface area (Å²) in [5.41, 5.74) is 1.47. The predicted octanol–water partition coefficient (Wildman–Crippen LogP) is 1.05. The molecule has 3 heterocycles. The Labute approximate surface area is 209 Å². The molecule has 2 saturated heterocycles. The minimum atomic E-state index is -0.944. The number of hydrogen-bond acceptors (Lipinski definition) is 6. The Bertz CT molecular complexity index is 1150. The van der Waals surface area contributed by atoms with Gasteiger partial charge in [0.15, 0.2) is 0 Å². The molecule has 3 aliphatic rings. The van der Waals surface area contributed by atoms with Gasteiger partial charge in [0.2, 0.25) is 0 Å². The molecule has 5 rings (SSSR count). The maximum Gasteiger partial charge on any atom is 0.404 e. The van der Waals surface area contributed by atoms with E-state index >= 15 is 0 Å². The molecular formula is C25H33N7O4. The van der Waals surface area contributed by atoms with Crippen LogP contribution in [-0.2, 0) is 6.42 Å². The summed E-state index contributed by atoms with van der Waals surface area (Å²) in [5.74, 6) is 1.93. The molecule has 1 aromatic heterocycles. The van der Waals surface area contributed by atoms with Crippen molar-refractivity contribution in [2.24, 2.45) is 17.8 Å². The van der Waals surface area contributed by atoms with Gasteiger partial charge in [0.25, 0.3) is 0 Å². The Hall–Kier alpha value is -3.44. The molecule has 4 N–H and O–H groups in total. The monoisotopic (exact) mass is 495 g/mol. The predicted molar refractivity (Wildman–Crippen MR) is 135 cm³/mol. The molecule has 0 bridgehead atoms. The Morgan fingerprint density at radius 1 is 1.14 bits per heavy atom. The van der Waals surface area contributed by atoms with Crippen LogP contribution in [0.1, 0.15) is 12.5 Å². The van der Waals surface area contributed by atoms with Crippen LogP contribution in [0.4, 0.5) is 15.4 Å². The van der Waals surface area contributed by atoms with Crippen LogP contribution < -0.4 is 21.6 Å². The third-order valence-electron chi connectivity index (χ3n) is 7.70. The highest BCUT2D eigenvalue weighted by molar-refractivity contribution is 5.88. The van der Waals surface area contributed by atoms with Crippen molar-refractivity contribution in [3.8, 4) is 5.69 Å². The number of rotatable bonds is 7. The summed E-state index contributed by atoms with van der Waals surface area (Å²) in [7, 11) is 0. The summed E-state index contributed by atoms with van der Waals surface area (Å²) in [5, 5.41) is 17.2. The molecular weight excluding hydrogens is 462 g/mol. The number of carbonyl (C=O) groups excluding carboxylic acids is 1. The smallest absolute Gasteiger partial charge is 0.404 e. The maximum absolute atomic E-state index is 12.6. The van der Waals surface area contributed by atoms with E-state index in [9.17, 15) is 14.4 Å². The Kier molecular flexibility index (Phi) is 6.92. The summed E-state index contributed by atoms with van der Waals surface area (Å²) >= 11 is 0. The van der Waals surface area contributed by atoms with Gasteiger partial charge in [-0.1, -0.05) is 12.1 Å². The second-order valence-electron chi connectivity index (χ2n) is 9.98. The average Bonchev–Trinajstić information content (AvgIpc) is 3.32. The summed E-state index contributed by atoms with van der Waals surface area (Å²) in [6.45, 7) is 7.58. The molecule has 3 fully saturated rings. The number of anilines is 1. The molecule has 11 nitrogen and oxygen atoms in total. The van der Waals surface area contributed by atoms with Gasteiger partial charge in [-0.15, -0.1) is 0 Å². The van der Waals surface area contributed by atoms with E-state index in [2.05, 4.69) is 32.8 Å². The lowest BCUT2D eigenvalue weighted by atomic mass is 10.0. The van der Waals surface area contributed by atoms with Crippen molar-refractivity contribution in [3.63, 3.8) is 0 Å². The molecule has 192 valence electrons. The lowest BCUT2D eigenvalue weighted by Crippen LogP contribution is -2.48. The topological polar surface area (TPSA) is 132 Å². The van der Waals surface area contributed by atoms with Crippen LogP contribution >= 0.6 is 0 Å². The van der Waals surface area contributed by atoms with E-state index in [0.717, 1.165) is 38.3 Å². The van der Waals surface area contributed by atoms with Gasteiger partial charge in [0.05, 0.1) is 5.69 Å². The molecule has 0 spiro atoms. The van der Waals surface area contributed by atoms with E-state index in [1.807, 2.05) is 24.3 Å². The molecule has 3 unspecified atom stereocenters. The normalized spacial score (nSPS) is 24.1. The fraction of sp³-hybridized carbons (Fsp3) is 0.520. The second kappa shape index (κ2) is 10.3. The Morgan fingerprint density at radius 2 is 1.83 bits per heavy atom. The highest BCUT2D eigenvalue weighted by Crippen LogP contribution is 2.51. The number of amides is 3. The summed E-state index contributed by atoms with van der Waals surface area (Å²) in [6, 6.07) is 9.68. The van der Waals surface area contributed by atoms with E-state index in [-0.39, 0.29) is 11.8 Å². The SMILES string of the molecule is CC(Cc1ccc(-n2ccc(NC(=O)N3CCNCC3)nc2=O)cc1)N1CC2C(CNC(=O)O)C2C1. The number of urea groups is 1. The lowest BCUT2D eigenvalue weighted by Gasteiger charge is -2.27. The summed E-state index contributed by atoms with van der Waals surface area (Å²) in [6.07, 6.45) is 1.59. The minimum Gasteiger partial charge on any atom is -0.465 e. The number of likely N-dealkylation sites (tertiary alicyclic amines) is 1. The fourth-order valence-electron chi connectivity index (χ4n) is 5.54. The number of aromatic nitrogens is 2. The van der Waals surface area contributed by atoms with Crippen molar-refractivity contribution in [1.82, 2.24) is 30.0 Å². The fourth-order valence-corrected chi connectivity index (χ4v) is 5.54. The maximum atomic E-state index is 12.6. The average molecular weight is 496 g/mol. The van der Waals surface area contributed by atoms with Gasteiger partial charge in [0.1, 0.15) is 5.82 Å². The van der Waals surface area contributed by atoms with Crippen LogP contribution in [0.3, 0.4) is 0 Å². The second-order valence-corrected chi connectivity index (χ2v) is 9.98. The van der Waals surface area contributed by atoms with Gasteiger partial charge in [-0.05, 0) is 54.9 Å². The van der Waals surface area contributed by atoms with E-state index in [0.29, 0.717) is 43.4 Å². The van der Waals surface area contributed by atoms with Crippen molar-refractivity contribution < 1.29 is 14.7 Å². The van der Waals surface area contributed by atoms with Crippen molar-refractivity contribution in [2.45, 2.75) is 19.4 Å². The summed E-state index contributed by atoms with van der Waals surface area (Å²) < 4.78 is 1.47. The first-order chi connectivity index (χ1) is 17.4. The molecule has 1 aromatic carbocycles. The zero-order valence-corrected chi connectivity index (χ0v) is 20.4. The Morgan fingerprint density at radius 3 is 2.47 bits per heavy atom. The number of nitrogens with one attached hydrogen (secondary N) is 3. The van der Waals surface area contributed by atoms with Crippen molar-refractivity contribution >= 4 is 17.9 Å². The summed E-state index contributed by atoms with van der Waals surface area (Å²) in [4.78, 5) is 43.9. The lowest BCUT2D eigenvalue weighted by molar-refractivity contribution is 0.190. The largest absolute Gasteiger partial charge is 0.465 e. The molecule has 2 aliphatic heterocycles. The number of benzene rings is 1. The number of carboxylic acid groups (broad SMARTS) is 1. The first-order valence-corrected chi connectivity index (χ1v) is 12.6. The number of piperazine rings is 1. The zero-order chi connectivity index (χ0) is 25.2. The number of fused-ring (bicyclic) bond motifs is 1. The third-order valence-corrected chi connectivity index (χ3v) is 7.70. The highest BCUT2D eigenvalue weighted by Gasteiger charge is 2.55. The van der Waals surface area contributed by atoms with Gasteiger partial charge in [-0.25, -0.2) is 14.4 Å². The van der Waals surface area contributed by atoms with Crippen molar-refractivity contribution in [1.29, 1.82) is 0 Å². The first-order valence-electron chi connectivity index (χ1n) is 12.6. The minimum absolute atomic E-state index is 0.245. The molecule has 36 heavy (non-hydrogen) atoms. The molecule has 0 radical (unpaired) electrons. The molecule has 11 heteroatoms. The van der Waals surface area contributed by atoms with Crippen LogP contribution in [0.5, 0.6) is 0 Å². The van der Waals surface area contributed by atoms with Crippen LogP contribution in [0.25, 0.3) is 5.69 Å². The number of carbonyl (C=O) groups is 2. The van der Waals surface area contributed by atoms with Crippen LogP contribution in [0.2, 0.25) is 0 Å². The number of hydrogen-bond donors (Lipinski definition) is 4. The Balaban J connectivity index is 1.14. The number of nitrogens with zero attached hydrogens (tertiary/aromatic N) is 4. The van der Waals surface area contributed by atoms with Crippen LogP contribution in [0, 0.1) is 17.8 Å². The quantitative estimate of drug-likeness (QED) is 0.451. The molecule has 1 saturated carbocycles. The van der Waals surface area contributed by atoms with E-state index in [1.54, 1.807) is 17.2 Å². The van der Waals surface area contributed by atoms with E-state index in [1.165, 1.54) is 10.1 Å². The van der Waals surface area contributed by atoms with E-state index in [4.69, 9.17) is 5.11 Å². The van der Waals surface area contributed by atoms with Crippen molar-refractivity contribution in [3.05, 3.63) is 52.6 Å². The number of piperidine rings is 1. The van der Waals surface area contributed by atoms with Gasteiger partial charge in [-0.2, -0.15) is 4.98 Å². The van der Waals surface area contributed by atoms with Crippen LogP contribution in [0.15, 0.2) is 41.3 Å². The van der Waals surface area contributed by atoms with Gasteiger partial charge >= 0.3 is 17.8 Å². The first kappa shape index (κ1) is 24.3. The molecule has 3 atom stereocenters. The molecule has 1 aliphatic carbocycles. The van der Waals surface area contributed by atoms with Crippen molar-refractivity contribution in [2.75, 3.05) is 51.1 Å². The third kappa shape index (κ3) is 5.36. The molecule has 2 aromatic rings. The standard InChI is InChI=1S/C25H33N7O4/c1-16(31-14-20-19(21(20)15-31)13-27-25(35)36)12-17-2-4-18(5-3-17)32-9-6-22(29-24(32)34)28-23(33)30-10-7-26-8-11-30/h2-6,9,16,19-21,26-27H,7-8,10-15H2,1H3,(H,35,36)(H,28,29,33,34). The van der Waals surface area contributed by atoms with Gasteiger partial charge in [0, 0.05) is 58.1 Å². The van der Waals surface area contributed by atoms with Gasteiger partial charge < -0.3 is 20.6 Å². The molecule has 3 amide bonds. The van der Waals surface area contributed by atoms with Crippen LogP contribution in [-0.4, -0.2) is 88.4 Å². The highest BCUT2D eigenvalue weighted by atomic mass is 16.4. The van der Waals surface area contributed by atoms with E-state index < -0.39 is 11.8 Å².